The van der Waals surface area contributed by atoms with E-state index < -0.39 is 0 Å². The van der Waals surface area contributed by atoms with Crippen molar-refractivity contribution in [2.45, 2.75) is 65.1 Å². The summed E-state index contributed by atoms with van der Waals surface area (Å²) in [5.74, 6) is 1.43. The minimum absolute atomic E-state index is 0.0547. The molecule has 0 aromatic heterocycles. The third kappa shape index (κ3) is 5.46. The second-order valence-corrected chi connectivity index (χ2v) is 6.57. The number of halogens is 1. The molecule has 2 atom stereocenters. The van der Waals surface area contributed by atoms with Crippen LogP contribution in [0.2, 0.25) is 0 Å². The summed E-state index contributed by atoms with van der Waals surface area (Å²) in [5.41, 5.74) is -0.0547. The second-order valence-electron chi connectivity index (χ2n) is 6.26. The Bertz CT molecular complexity index is 233. The Labute approximate surface area is 118 Å². The standard InChI is InChI=1S/C15H30ClNO/c1-5-7-8-13(6-2)10-17-11-14(9-16)18-15(3,4)12-17/h13-14H,5-12H2,1-4H3. The highest BCUT2D eigenvalue weighted by molar-refractivity contribution is 6.18. The van der Waals surface area contributed by atoms with E-state index in [1.807, 2.05) is 0 Å². The van der Waals surface area contributed by atoms with Crippen LogP contribution in [0.3, 0.4) is 0 Å². The van der Waals surface area contributed by atoms with E-state index in [4.69, 9.17) is 16.3 Å². The summed E-state index contributed by atoms with van der Waals surface area (Å²) in [6.07, 6.45) is 5.49. The van der Waals surface area contributed by atoms with Crippen LogP contribution in [0.15, 0.2) is 0 Å². The van der Waals surface area contributed by atoms with Crippen molar-refractivity contribution in [3.8, 4) is 0 Å². The molecule has 2 nitrogen and oxygen atoms in total. The van der Waals surface area contributed by atoms with E-state index in [1.165, 1.54) is 32.2 Å². The summed E-state index contributed by atoms with van der Waals surface area (Å²) < 4.78 is 5.98. The van der Waals surface area contributed by atoms with Gasteiger partial charge in [-0.1, -0.05) is 33.1 Å². The van der Waals surface area contributed by atoms with E-state index in [0.29, 0.717) is 5.88 Å². The molecule has 2 unspecified atom stereocenters. The van der Waals surface area contributed by atoms with Crippen LogP contribution in [-0.4, -0.2) is 42.1 Å². The zero-order valence-corrected chi connectivity index (χ0v) is 13.3. The van der Waals surface area contributed by atoms with Gasteiger partial charge in [-0.25, -0.2) is 0 Å². The van der Waals surface area contributed by atoms with Gasteiger partial charge in [0.05, 0.1) is 11.7 Å². The molecule has 18 heavy (non-hydrogen) atoms. The predicted octanol–water partition coefficient (Wildman–Crippen LogP) is 3.92. The lowest BCUT2D eigenvalue weighted by Gasteiger charge is -2.43. The van der Waals surface area contributed by atoms with E-state index in [-0.39, 0.29) is 11.7 Å². The van der Waals surface area contributed by atoms with Crippen LogP contribution >= 0.6 is 11.6 Å². The zero-order chi connectivity index (χ0) is 13.6. The number of unbranched alkanes of at least 4 members (excludes halogenated alkanes) is 1. The molecule has 0 amide bonds. The van der Waals surface area contributed by atoms with Crippen molar-refractivity contribution in [2.24, 2.45) is 5.92 Å². The molecule has 1 heterocycles. The van der Waals surface area contributed by atoms with Gasteiger partial charge in [-0.3, -0.25) is 4.90 Å². The fourth-order valence-corrected chi connectivity index (χ4v) is 3.08. The maximum Gasteiger partial charge on any atom is 0.0844 e. The van der Waals surface area contributed by atoms with Gasteiger partial charge in [-0.2, -0.15) is 0 Å². The molecule has 3 heteroatoms. The Kier molecular flexibility index (Phi) is 6.97. The average molecular weight is 276 g/mol. The summed E-state index contributed by atoms with van der Waals surface area (Å²) >= 11 is 5.98. The molecule has 0 N–H and O–H groups in total. The first kappa shape index (κ1) is 16.3. The predicted molar refractivity (Wildman–Crippen MR) is 79.4 cm³/mol. The minimum Gasteiger partial charge on any atom is -0.368 e. The van der Waals surface area contributed by atoms with E-state index >= 15 is 0 Å². The van der Waals surface area contributed by atoms with Crippen LogP contribution < -0.4 is 0 Å². The van der Waals surface area contributed by atoms with E-state index in [9.17, 15) is 0 Å². The Morgan fingerprint density at radius 3 is 2.67 bits per heavy atom. The lowest BCUT2D eigenvalue weighted by atomic mass is 9.97. The Morgan fingerprint density at radius 1 is 1.39 bits per heavy atom. The van der Waals surface area contributed by atoms with Crippen molar-refractivity contribution in [3.63, 3.8) is 0 Å². The van der Waals surface area contributed by atoms with Gasteiger partial charge in [0.2, 0.25) is 0 Å². The van der Waals surface area contributed by atoms with E-state index in [2.05, 4.69) is 32.6 Å². The van der Waals surface area contributed by atoms with Gasteiger partial charge >= 0.3 is 0 Å². The molecule has 108 valence electrons. The van der Waals surface area contributed by atoms with Gasteiger partial charge in [-0.05, 0) is 26.2 Å². The molecule has 0 aliphatic carbocycles. The topological polar surface area (TPSA) is 12.5 Å². The lowest BCUT2D eigenvalue weighted by Crippen LogP contribution is -2.54. The number of alkyl halides is 1. The fraction of sp³-hybridized carbons (Fsp3) is 1.00. The van der Waals surface area contributed by atoms with Crippen molar-refractivity contribution in [3.05, 3.63) is 0 Å². The molecule has 1 aliphatic heterocycles. The van der Waals surface area contributed by atoms with Crippen LogP contribution in [0.5, 0.6) is 0 Å². The van der Waals surface area contributed by atoms with Crippen LogP contribution in [0.25, 0.3) is 0 Å². The third-order valence-electron chi connectivity index (χ3n) is 3.78. The Hall–Kier alpha value is 0.210. The largest absolute Gasteiger partial charge is 0.368 e. The number of ether oxygens (including phenoxy) is 1. The van der Waals surface area contributed by atoms with E-state index in [1.54, 1.807) is 0 Å². The van der Waals surface area contributed by atoms with Crippen LogP contribution in [0.1, 0.15) is 53.4 Å². The highest BCUT2D eigenvalue weighted by Gasteiger charge is 2.33. The Morgan fingerprint density at radius 2 is 2.11 bits per heavy atom. The summed E-state index contributed by atoms with van der Waals surface area (Å²) in [5, 5.41) is 0. The summed E-state index contributed by atoms with van der Waals surface area (Å²) in [6, 6.07) is 0. The van der Waals surface area contributed by atoms with Gasteiger partial charge in [0.1, 0.15) is 0 Å². The number of morpholine rings is 1. The fourth-order valence-electron chi connectivity index (χ4n) is 2.92. The first-order valence-corrected chi connectivity index (χ1v) is 8.00. The highest BCUT2D eigenvalue weighted by atomic mass is 35.5. The van der Waals surface area contributed by atoms with Gasteiger partial charge in [0.25, 0.3) is 0 Å². The van der Waals surface area contributed by atoms with Crippen molar-refractivity contribution in [1.29, 1.82) is 0 Å². The number of hydrogen-bond donors (Lipinski definition) is 0. The SMILES string of the molecule is CCCCC(CC)CN1CC(CCl)OC(C)(C)C1. The molecule has 0 saturated carbocycles. The zero-order valence-electron chi connectivity index (χ0n) is 12.5. The molecule has 0 radical (unpaired) electrons. The van der Waals surface area contributed by atoms with Crippen molar-refractivity contribution >= 4 is 11.6 Å². The number of hydrogen-bond acceptors (Lipinski definition) is 2. The molecule has 0 spiro atoms. The Balaban J connectivity index is 2.48. The van der Waals surface area contributed by atoms with Crippen LogP contribution in [-0.2, 0) is 4.74 Å². The molecule has 0 aromatic rings. The molecule has 1 aliphatic rings. The number of nitrogens with zero attached hydrogens (tertiary/aromatic N) is 1. The van der Waals surface area contributed by atoms with Gasteiger partial charge < -0.3 is 4.74 Å². The molecule has 1 fully saturated rings. The summed E-state index contributed by atoms with van der Waals surface area (Å²) in [4.78, 5) is 2.56. The van der Waals surface area contributed by atoms with Crippen LogP contribution in [0.4, 0.5) is 0 Å². The minimum atomic E-state index is -0.0547. The molecular formula is C15H30ClNO. The van der Waals surface area contributed by atoms with Gasteiger partial charge in [-0.15, -0.1) is 11.6 Å². The quantitative estimate of drug-likeness (QED) is 0.653. The second kappa shape index (κ2) is 7.72. The smallest absolute Gasteiger partial charge is 0.0844 e. The molecule has 0 aromatic carbocycles. The highest BCUT2D eigenvalue weighted by Crippen LogP contribution is 2.24. The van der Waals surface area contributed by atoms with Gasteiger partial charge in [0, 0.05) is 25.5 Å². The maximum atomic E-state index is 5.98. The summed E-state index contributed by atoms with van der Waals surface area (Å²) in [6.45, 7) is 12.2. The molecule has 1 rings (SSSR count). The molecule has 0 bridgehead atoms. The monoisotopic (exact) mass is 275 g/mol. The molecule has 1 saturated heterocycles. The average Bonchev–Trinajstić information content (AvgIpc) is 2.32. The van der Waals surface area contributed by atoms with Crippen molar-refractivity contribution < 1.29 is 4.74 Å². The first-order valence-electron chi connectivity index (χ1n) is 7.46. The van der Waals surface area contributed by atoms with Crippen molar-refractivity contribution in [1.82, 2.24) is 4.90 Å². The molecular weight excluding hydrogens is 246 g/mol. The first-order chi connectivity index (χ1) is 8.50. The maximum absolute atomic E-state index is 5.98. The third-order valence-corrected chi connectivity index (χ3v) is 4.13. The van der Waals surface area contributed by atoms with E-state index in [0.717, 1.165) is 19.0 Å². The van der Waals surface area contributed by atoms with Gasteiger partial charge in [0.15, 0.2) is 0 Å². The normalized spacial score (nSPS) is 26.2. The number of rotatable bonds is 7. The lowest BCUT2D eigenvalue weighted by molar-refractivity contribution is -0.129. The van der Waals surface area contributed by atoms with Crippen LogP contribution in [0, 0.1) is 5.92 Å². The summed E-state index contributed by atoms with van der Waals surface area (Å²) in [7, 11) is 0. The van der Waals surface area contributed by atoms with Crippen molar-refractivity contribution in [2.75, 3.05) is 25.5 Å².